The molecule has 2 fully saturated rings. The second kappa shape index (κ2) is 3.17. The largest absolute Gasteiger partial charge is 0.357 e. The highest BCUT2D eigenvalue weighted by atomic mass is 35.5. The Hall–Kier alpha value is -0.680. The van der Waals surface area contributed by atoms with Gasteiger partial charge in [0, 0.05) is 23.4 Å². The van der Waals surface area contributed by atoms with Gasteiger partial charge >= 0.3 is 0 Å². The standard InChI is InChI=1S/C10H11ClN4S/c11-6-4-3-5(9-8(4)14-15-9)7(6)13-10-12-1-2-16-10/h1-2,4-9H,3H2,(H,12,13)/t4-,5+,6?,7?,8-,9+/m0/s1. The summed E-state index contributed by atoms with van der Waals surface area (Å²) in [6.07, 6.45) is 2.98. The molecule has 6 atom stereocenters. The molecule has 1 aromatic rings. The number of nitrogens with one attached hydrogen (secondary N) is 1. The molecule has 0 aromatic carbocycles. The minimum absolute atomic E-state index is 0.175. The van der Waals surface area contributed by atoms with E-state index in [9.17, 15) is 0 Å². The minimum Gasteiger partial charge on any atom is -0.357 e. The number of rotatable bonds is 2. The predicted molar refractivity (Wildman–Crippen MR) is 63.2 cm³/mol. The lowest BCUT2D eigenvalue weighted by atomic mass is 9.85. The molecule has 2 bridgehead atoms. The van der Waals surface area contributed by atoms with Crippen molar-refractivity contribution < 1.29 is 0 Å². The van der Waals surface area contributed by atoms with E-state index < -0.39 is 0 Å². The fourth-order valence-corrected chi connectivity index (χ4v) is 4.37. The second-order valence-corrected chi connectivity index (χ2v) is 6.13. The molecule has 0 radical (unpaired) electrons. The van der Waals surface area contributed by atoms with Gasteiger partial charge in [0.2, 0.25) is 0 Å². The second-order valence-electron chi connectivity index (χ2n) is 4.73. The van der Waals surface area contributed by atoms with Gasteiger partial charge in [-0.3, -0.25) is 0 Å². The van der Waals surface area contributed by atoms with E-state index in [1.165, 1.54) is 6.42 Å². The summed E-state index contributed by atoms with van der Waals surface area (Å²) >= 11 is 8.12. The maximum absolute atomic E-state index is 6.50. The van der Waals surface area contributed by atoms with E-state index >= 15 is 0 Å². The van der Waals surface area contributed by atoms with E-state index in [0.29, 0.717) is 30.0 Å². The van der Waals surface area contributed by atoms with Gasteiger partial charge in [0.05, 0.1) is 17.5 Å². The van der Waals surface area contributed by atoms with Crippen LogP contribution in [0.15, 0.2) is 21.8 Å². The van der Waals surface area contributed by atoms with Crippen molar-refractivity contribution in [2.75, 3.05) is 5.32 Å². The van der Waals surface area contributed by atoms with Crippen molar-refractivity contribution in [2.45, 2.75) is 29.9 Å². The fraction of sp³-hybridized carbons (Fsp3) is 0.700. The summed E-state index contributed by atoms with van der Waals surface area (Å²) in [5.74, 6) is 1.07. The van der Waals surface area contributed by atoms with Crippen LogP contribution in [0.3, 0.4) is 0 Å². The lowest BCUT2D eigenvalue weighted by molar-refractivity contribution is 0.272. The van der Waals surface area contributed by atoms with Crippen LogP contribution in [-0.2, 0) is 0 Å². The topological polar surface area (TPSA) is 49.6 Å². The highest BCUT2D eigenvalue weighted by Crippen LogP contribution is 2.54. The molecule has 0 spiro atoms. The Morgan fingerprint density at radius 3 is 2.81 bits per heavy atom. The molecule has 2 saturated carbocycles. The van der Waals surface area contributed by atoms with Gasteiger partial charge in [-0.15, -0.1) is 22.9 Å². The zero-order chi connectivity index (χ0) is 10.7. The van der Waals surface area contributed by atoms with Crippen molar-refractivity contribution in [3.05, 3.63) is 11.6 Å². The van der Waals surface area contributed by atoms with E-state index in [2.05, 4.69) is 20.5 Å². The van der Waals surface area contributed by atoms with Gasteiger partial charge in [0.25, 0.3) is 0 Å². The van der Waals surface area contributed by atoms with Crippen LogP contribution < -0.4 is 5.32 Å². The number of aromatic nitrogens is 1. The van der Waals surface area contributed by atoms with Crippen LogP contribution in [0.5, 0.6) is 0 Å². The molecular formula is C10H11ClN4S. The van der Waals surface area contributed by atoms with Crippen LogP contribution in [0.4, 0.5) is 5.13 Å². The van der Waals surface area contributed by atoms with Gasteiger partial charge in [-0.25, -0.2) is 4.98 Å². The Bertz CT molecular complexity index is 434. The number of halogens is 1. The van der Waals surface area contributed by atoms with Gasteiger partial charge in [-0.2, -0.15) is 10.2 Å². The monoisotopic (exact) mass is 254 g/mol. The number of fused-ring (bicyclic) bond motifs is 5. The first-order valence-electron chi connectivity index (χ1n) is 5.54. The van der Waals surface area contributed by atoms with Crippen molar-refractivity contribution in [3.63, 3.8) is 0 Å². The van der Waals surface area contributed by atoms with Crippen molar-refractivity contribution >= 4 is 28.1 Å². The highest BCUT2D eigenvalue weighted by Gasteiger charge is 2.61. The van der Waals surface area contributed by atoms with Crippen LogP contribution in [-0.4, -0.2) is 28.5 Å². The van der Waals surface area contributed by atoms with Gasteiger partial charge in [-0.1, -0.05) is 0 Å². The molecule has 16 heavy (non-hydrogen) atoms. The lowest BCUT2D eigenvalue weighted by Crippen LogP contribution is -2.50. The Kier molecular flexibility index (Phi) is 1.85. The van der Waals surface area contributed by atoms with Crippen molar-refractivity contribution in [2.24, 2.45) is 22.1 Å². The van der Waals surface area contributed by atoms with E-state index in [1.807, 2.05) is 11.6 Å². The molecule has 1 N–H and O–H groups in total. The molecule has 84 valence electrons. The first-order valence-corrected chi connectivity index (χ1v) is 6.86. The van der Waals surface area contributed by atoms with Crippen LogP contribution in [0.2, 0.25) is 0 Å². The molecule has 0 amide bonds. The highest BCUT2D eigenvalue weighted by molar-refractivity contribution is 7.13. The number of azo groups is 1. The molecule has 4 rings (SSSR count). The summed E-state index contributed by atoms with van der Waals surface area (Å²) in [7, 11) is 0. The Labute approximate surface area is 102 Å². The third-order valence-electron chi connectivity index (χ3n) is 4.04. The zero-order valence-corrected chi connectivity index (χ0v) is 10.0. The van der Waals surface area contributed by atoms with E-state index in [4.69, 9.17) is 11.6 Å². The molecule has 2 unspecified atom stereocenters. The lowest BCUT2D eigenvalue weighted by Gasteiger charge is -2.38. The van der Waals surface area contributed by atoms with Crippen molar-refractivity contribution in [1.29, 1.82) is 0 Å². The van der Waals surface area contributed by atoms with Gasteiger partial charge in [0.15, 0.2) is 5.13 Å². The summed E-state index contributed by atoms with van der Waals surface area (Å²) in [6.45, 7) is 0. The Morgan fingerprint density at radius 1 is 1.31 bits per heavy atom. The van der Waals surface area contributed by atoms with Gasteiger partial charge < -0.3 is 5.32 Å². The third kappa shape index (κ3) is 1.08. The number of hydrogen-bond acceptors (Lipinski definition) is 5. The van der Waals surface area contributed by atoms with Crippen LogP contribution in [0.25, 0.3) is 0 Å². The summed E-state index contributed by atoms with van der Waals surface area (Å²) in [5.41, 5.74) is 0. The molecular weight excluding hydrogens is 244 g/mol. The molecule has 1 aromatic heterocycles. The average Bonchev–Trinajstić information content (AvgIpc) is 2.85. The zero-order valence-electron chi connectivity index (χ0n) is 8.45. The van der Waals surface area contributed by atoms with Crippen molar-refractivity contribution in [1.82, 2.24) is 4.98 Å². The molecule has 3 aliphatic rings. The minimum atomic E-state index is 0.175. The number of hydrogen-bond donors (Lipinski definition) is 1. The molecule has 2 aliphatic carbocycles. The molecule has 0 saturated heterocycles. The van der Waals surface area contributed by atoms with E-state index in [0.717, 1.165) is 5.13 Å². The maximum Gasteiger partial charge on any atom is 0.182 e. The van der Waals surface area contributed by atoms with E-state index in [1.54, 1.807) is 11.3 Å². The number of nitrogens with zero attached hydrogens (tertiary/aromatic N) is 3. The first kappa shape index (κ1) is 9.36. The van der Waals surface area contributed by atoms with Crippen LogP contribution in [0, 0.1) is 11.8 Å². The predicted octanol–water partition coefficient (Wildman–Crippen LogP) is 2.38. The fourth-order valence-electron chi connectivity index (χ4n) is 3.30. The number of anilines is 1. The van der Waals surface area contributed by atoms with Crippen molar-refractivity contribution in [3.8, 4) is 0 Å². The molecule has 1 aliphatic heterocycles. The first-order chi connectivity index (χ1) is 7.84. The SMILES string of the molecule is ClC1C(Nc2nccs2)[C@H]2C[C@@H]1[C@@H]1N=N[C@@H]12. The molecule has 4 nitrogen and oxygen atoms in total. The van der Waals surface area contributed by atoms with E-state index in [-0.39, 0.29) is 5.38 Å². The number of thiazole rings is 1. The Morgan fingerprint density at radius 2 is 2.12 bits per heavy atom. The molecule has 2 heterocycles. The van der Waals surface area contributed by atoms with Gasteiger partial charge in [0.1, 0.15) is 6.04 Å². The van der Waals surface area contributed by atoms with Crippen LogP contribution in [0.1, 0.15) is 6.42 Å². The summed E-state index contributed by atoms with van der Waals surface area (Å²) < 4.78 is 0. The summed E-state index contributed by atoms with van der Waals surface area (Å²) in [6, 6.07) is 1.16. The quantitative estimate of drug-likeness (QED) is 0.824. The third-order valence-corrected chi connectivity index (χ3v) is 5.34. The normalized spacial score (nSPS) is 47.8. The smallest absolute Gasteiger partial charge is 0.182 e. The number of alkyl halides is 1. The summed E-state index contributed by atoms with van der Waals surface area (Å²) in [5, 5.41) is 15.0. The maximum atomic E-state index is 6.50. The van der Waals surface area contributed by atoms with Crippen LogP contribution >= 0.6 is 22.9 Å². The average molecular weight is 255 g/mol. The Balaban J connectivity index is 1.59. The van der Waals surface area contributed by atoms with Gasteiger partial charge in [-0.05, 0) is 6.42 Å². The summed E-state index contributed by atoms with van der Waals surface area (Å²) in [4.78, 5) is 4.25. The molecule has 6 heteroatoms.